The zero-order valence-corrected chi connectivity index (χ0v) is 11.8. The molecule has 0 fully saturated rings. The van der Waals surface area contributed by atoms with Gasteiger partial charge in [-0.15, -0.1) is 0 Å². The smallest absolute Gasteiger partial charge is 0.223 e. The Balaban J connectivity index is 2.07. The number of anilines is 2. The molecule has 0 amide bonds. The first-order valence-corrected chi connectivity index (χ1v) is 6.24. The third-order valence-corrected chi connectivity index (χ3v) is 2.66. The summed E-state index contributed by atoms with van der Waals surface area (Å²) in [5, 5.41) is 3.21. The van der Waals surface area contributed by atoms with Gasteiger partial charge in [-0.05, 0) is 32.0 Å². The normalized spacial score (nSPS) is 10.3. The first-order chi connectivity index (χ1) is 9.04. The fourth-order valence-electron chi connectivity index (χ4n) is 1.79. The maximum atomic E-state index is 4.54. The molecule has 0 saturated carbocycles. The Morgan fingerprint density at radius 1 is 1.05 bits per heavy atom. The number of hydrogen-bond donors (Lipinski definition) is 1. The number of rotatable bonds is 4. The van der Waals surface area contributed by atoms with E-state index in [0.717, 1.165) is 22.9 Å². The van der Waals surface area contributed by atoms with Crippen molar-refractivity contribution < 1.29 is 0 Å². The van der Waals surface area contributed by atoms with E-state index in [-0.39, 0.29) is 0 Å². The van der Waals surface area contributed by atoms with Crippen molar-refractivity contribution in [3.05, 3.63) is 41.3 Å². The SMILES string of the molecule is Cc1cc(C)nc(NCc2cccc(N(C)C)n2)n1. The summed E-state index contributed by atoms with van der Waals surface area (Å²) in [6, 6.07) is 7.93. The van der Waals surface area contributed by atoms with Gasteiger partial charge < -0.3 is 10.2 Å². The fraction of sp³-hybridized carbons (Fsp3) is 0.357. The van der Waals surface area contributed by atoms with Crippen molar-refractivity contribution in [2.24, 2.45) is 0 Å². The first-order valence-electron chi connectivity index (χ1n) is 6.24. The molecular formula is C14H19N5. The highest BCUT2D eigenvalue weighted by molar-refractivity contribution is 5.38. The van der Waals surface area contributed by atoms with Gasteiger partial charge in [0, 0.05) is 25.5 Å². The number of pyridine rings is 1. The van der Waals surface area contributed by atoms with Gasteiger partial charge in [0.1, 0.15) is 5.82 Å². The average molecular weight is 257 g/mol. The van der Waals surface area contributed by atoms with Crippen molar-refractivity contribution in [3.8, 4) is 0 Å². The molecule has 0 unspecified atom stereocenters. The maximum Gasteiger partial charge on any atom is 0.223 e. The van der Waals surface area contributed by atoms with Crippen LogP contribution in [0.3, 0.4) is 0 Å². The van der Waals surface area contributed by atoms with Gasteiger partial charge in [0.2, 0.25) is 5.95 Å². The van der Waals surface area contributed by atoms with Crippen molar-refractivity contribution in [1.82, 2.24) is 15.0 Å². The number of hydrogen-bond acceptors (Lipinski definition) is 5. The van der Waals surface area contributed by atoms with Crippen LogP contribution in [0, 0.1) is 13.8 Å². The molecular weight excluding hydrogens is 238 g/mol. The predicted octanol–water partition coefficient (Wildman–Crippen LogP) is 2.17. The highest BCUT2D eigenvalue weighted by Crippen LogP contribution is 2.09. The molecule has 0 aliphatic carbocycles. The molecule has 5 nitrogen and oxygen atoms in total. The van der Waals surface area contributed by atoms with E-state index >= 15 is 0 Å². The molecule has 1 N–H and O–H groups in total. The minimum atomic E-state index is 0.616. The van der Waals surface area contributed by atoms with E-state index < -0.39 is 0 Å². The monoisotopic (exact) mass is 257 g/mol. The Kier molecular flexibility index (Phi) is 3.94. The fourth-order valence-corrected chi connectivity index (χ4v) is 1.79. The van der Waals surface area contributed by atoms with Gasteiger partial charge in [-0.1, -0.05) is 6.07 Å². The molecule has 2 aromatic rings. The zero-order chi connectivity index (χ0) is 13.8. The van der Waals surface area contributed by atoms with Crippen LogP contribution in [0.15, 0.2) is 24.3 Å². The molecule has 5 heteroatoms. The van der Waals surface area contributed by atoms with Gasteiger partial charge in [-0.25, -0.2) is 15.0 Å². The Morgan fingerprint density at radius 2 is 1.74 bits per heavy atom. The van der Waals surface area contributed by atoms with Crippen molar-refractivity contribution in [2.75, 3.05) is 24.3 Å². The lowest BCUT2D eigenvalue weighted by molar-refractivity contribution is 0.958. The lowest BCUT2D eigenvalue weighted by Gasteiger charge is -2.12. The highest BCUT2D eigenvalue weighted by atomic mass is 15.1. The van der Waals surface area contributed by atoms with Gasteiger partial charge >= 0.3 is 0 Å². The number of aromatic nitrogens is 3. The molecule has 0 bridgehead atoms. The minimum absolute atomic E-state index is 0.616. The molecule has 2 heterocycles. The quantitative estimate of drug-likeness (QED) is 0.909. The van der Waals surface area contributed by atoms with Crippen LogP contribution >= 0.6 is 0 Å². The summed E-state index contributed by atoms with van der Waals surface area (Å²) in [5.74, 6) is 1.59. The minimum Gasteiger partial charge on any atom is -0.363 e. The van der Waals surface area contributed by atoms with Gasteiger partial charge in [-0.3, -0.25) is 0 Å². The average Bonchev–Trinajstić information content (AvgIpc) is 2.35. The summed E-state index contributed by atoms with van der Waals surface area (Å²) >= 11 is 0. The second kappa shape index (κ2) is 5.65. The van der Waals surface area contributed by atoms with Gasteiger partial charge in [0.25, 0.3) is 0 Å². The molecule has 2 rings (SSSR count). The zero-order valence-electron chi connectivity index (χ0n) is 11.8. The molecule has 0 spiro atoms. The van der Waals surface area contributed by atoms with Crippen LogP contribution < -0.4 is 10.2 Å². The summed E-state index contributed by atoms with van der Waals surface area (Å²) in [4.78, 5) is 15.2. The van der Waals surface area contributed by atoms with E-state index in [2.05, 4.69) is 20.3 Å². The van der Waals surface area contributed by atoms with E-state index in [1.165, 1.54) is 0 Å². The predicted molar refractivity (Wildman–Crippen MR) is 77.4 cm³/mol. The first kappa shape index (κ1) is 13.3. The molecule has 0 aliphatic heterocycles. The topological polar surface area (TPSA) is 53.9 Å². The molecule has 0 aromatic carbocycles. The molecule has 0 saturated heterocycles. The van der Waals surface area contributed by atoms with Crippen LogP contribution in [-0.2, 0) is 6.54 Å². The van der Waals surface area contributed by atoms with E-state index in [9.17, 15) is 0 Å². The second-order valence-electron chi connectivity index (χ2n) is 4.71. The van der Waals surface area contributed by atoms with Crippen LogP contribution in [0.5, 0.6) is 0 Å². The van der Waals surface area contributed by atoms with E-state index in [1.807, 2.05) is 57.1 Å². The highest BCUT2D eigenvalue weighted by Gasteiger charge is 2.02. The molecule has 2 aromatic heterocycles. The van der Waals surface area contributed by atoms with Crippen LogP contribution in [0.1, 0.15) is 17.1 Å². The maximum absolute atomic E-state index is 4.54. The van der Waals surface area contributed by atoms with Gasteiger partial charge in [0.05, 0.1) is 12.2 Å². The van der Waals surface area contributed by atoms with Crippen molar-refractivity contribution in [2.45, 2.75) is 20.4 Å². The van der Waals surface area contributed by atoms with Crippen LogP contribution in [-0.4, -0.2) is 29.0 Å². The van der Waals surface area contributed by atoms with Gasteiger partial charge in [0.15, 0.2) is 0 Å². The Bertz CT molecular complexity index is 545. The standard InChI is InChI=1S/C14H19N5/c1-10-8-11(2)17-14(16-10)15-9-12-6-5-7-13(18-12)19(3)4/h5-8H,9H2,1-4H3,(H,15,16,17). The Morgan fingerprint density at radius 3 is 2.37 bits per heavy atom. The molecule has 100 valence electrons. The molecule has 19 heavy (non-hydrogen) atoms. The number of nitrogens with zero attached hydrogens (tertiary/aromatic N) is 4. The molecule has 0 aliphatic rings. The van der Waals surface area contributed by atoms with Gasteiger partial charge in [-0.2, -0.15) is 0 Å². The Labute approximate surface area is 113 Å². The molecule has 0 atom stereocenters. The number of nitrogens with one attached hydrogen (secondary N) is 1. The van der Waals surface area contributed by atoms with E-state index in [0.29, 0.717) is 12.5 Å². The summed E-state index contributed by atoms with van der Waals surface area (Å²) < 4.78 is 0. The third-order valence-electron chi connectivity index (χ3n) is 2.66. The van der Waals surface area contributed by atoms with Crippen molar-refractivity contribution in [1.29, 1.82) is 0 Å². The van der Waals surface area contributed by atoms with Crippen molar-refractivity contribution >= 4 is 11.8 Å². The summed E-state index contributed by atoms with van der Waals surface area (Å²) in [6.45, 7) is 4.54. The second-order valence-corrected chi connectivity index (χ2v) is 4.71. The summed E-state index contributed by atoms with van der Waals surface area (Å²) in [5.41, 5.74) is 2.89. The third kappa shape index (κ3) is 3.64. The summed E-state index contributed by atoms with van der Waals surface area (Å²) in [6.07, 6.45) is 0. The van der Waals surface area contributed by atoms with Crippen LogP contribution in [0.4, 0.5) is 11.8 Å². The van der Waals surface area contributed by atoms with E-state index in [4.69, 9.17) is 0 Å². The largest absolute Gasteiger partial charge is 0.363 e. The van der Waals surface area contributed by atoms with Crippen LogP contribution in [0.2, 0.25) is 0 Å². The molecule has 0 radical (unpaired) electrons. The number of aryl methyl sites for hydroxylation is 2. The lowest BCUT2D eigenvalue weighted by atomic mass is 10.3. The summed E-state index contributed by atoms with van der Waals surface area (Å²) in [7, 11) is 3.96. The van der Waals surface area contributed by atoms with Crippen molar-refractivity contribution in [3.63, 3.8) is 0 Å². The van der Waals surface area contributed by atoms with E-state index in [1.54, 1.807) is 0 Å². The Hall–Kier alpha value is -2.17. The lowest BCUT2D eigenvalue weighted by Crippen LogP contribution is -2.12. The van der Waals surface area contributed by atoms with Crippen LogP contribution in [0.25, 0.3) is 0 Å².